The second-order valence-electron chi connectivity index (χ2n) is 5.83. The van der Waals surface area contributed by atoms with Gasteiger partial charge in [0.1, 0.15) is 5.75 Å². The summed E-state index contributed by atoms with van der Waals surface area (Å²) in [6.45, 7) is 1.28. The zero-order valence-electron chi connectivity index (χ0n) is 13.9. The van der Waals surface area contributed by atoms with Crippen molar-refractivity contribution >= 4 is 17.7 Å². The molecule has 2 aromatic rings. The fraction of sp³-hybridized carbons (Fsp3) is 0.316. The molecule has 0 spiro atoms. The van der Waals surface area contributed by atoms with Crippen LogP contribution in [0.1, 0.15) is 29.2 Å². The van der Waals surface area contributed by atoms with E-state index in [1.807, 2.05) is 30.0 Å². The molecule has 0 radical (unpaired) electrons. The van der Waals surface area contributed by atoms with Crippen LogP contribution in [0, 0.1) is 0 Å². The minimum absolute atomic E-state index is 0.154. The van der Waals surface area contributed by atoms with Crippen molar-refractivity contribution in [2.45, 2.75) is 24.8 Å². The number of nitrogens with one attached hydrogen (secondary N) is 1. The van der Waals surface area contributed by atoms with Gasteiger partial charge >= 0.3 is 0 Å². The van der Waals surface area contributed by atoms with Gasteiger partial charge in [0.25, 0.3) is 0 Å². The molecule has 24 heavy (non-hydrogen) atoms. The second kappa shape index (κ2) is 8.11. The van der Waals surface area contributed by atoms with Crippen LogP contribution in [0.3, 0.4) is 0 Å². The lowest BCUT2D eigenvalue weighted by Gasteiger charge is -2.26. The molecule has 126 valence electrons. The molecule has 2 aromatic carbocycles. The number of para-hydroxylation sites is 1. The van der Waals surface area contributed by atoms with Gasteiger partial charge in [-0.1, -0.05) is 42.5 Å². The molecule has 3 rings (SSSR count). The predicted octanol–water partition coefficient (Wildman–Crippen LogP) is 3.48. The number of guanidine groups is 1. The lowest BCUT2D eigenvalue weighted by Crippen LogP contribution is -2.37. The van der Waals surface area contributed by atoms with Gasteiger partial charge in [0.15, 0.2) is 5.96 Å². The molecule has 3 N–H and O–H groups in total. The highest BCUT2D eigenvalue weighted by Crippen LogP contribution is 2.31. The second-order valence-corrected chi connectivity index (χ2v) is 6.69. The Hall–Kier alpha value is -2.14. The van der Waals surface area contributed by atoms with Crippen molar-refractivity contribution in [3.05, 3.63) is 65.2 Å². The molecule has 1 atom stereocenters. The summed E-state index contributed by atoms with van der Waals surface area (Å²) < 4.78 is 5.68. The Balaban J connectivity index is 1.64. The van der Waals surface area contributed by atoms with Crippen molar-refractivity contribution < 1.29 is 4.74 Å². The summed E-state index contributed by atoms with van der Waals surface area (Å²) in [5.41, 5.74) is 9.74. The number of benzene rings is 2. The molecule has 1 aliphatic rings. The highest BCUT2D eigenvalue weighted by Gasteiger charge is 2.21. The Morgan fingerprint density at radius 1 is 1.25 bits per heavy atom. The van der Waals surface area contributed by atoms with Gasteiger partial charge in [0, 0.05) is 17.7 Å². The van der Waals surface area contributed by atoms with E-state index in [1.165, 1.54) is 11.1 Å². The molecule has 0 amide bonds. The van der Waals surface area contributed by atoms with Gasteiger partial charge < -0.3 is 15.8 Å². The van der Waals surface area contributed by atoms with E-state index in [9.17, 15) is 0 Å². The molecule has 1 aliphatic heterocycles. The predicted molar refractivity (Wildman–Crippen MR) is 101 cm³/mol. The van der Waals surface area contributed by atoms with E-state index in [4.69, 9.17) is 10.5 Å². The van der Waals surface area contributed by atoms with Crippen molar-refractivity contribution in [1.29, 1.82) is 0 Å². The summed E-state index contributed by atoms with van der Waals surface area (Å²) in [7, 11) is 0. The van der Waals surface area contributed by atoms with Crippen LogP contribution in [0.4, 0.5) is 0 Å². The van der Waals surface area contributed by atoms with Crippen molar-refractivity contribution in [2.24, 2.45) is 10.7 Å². The Morgan fingerprint density at radius 3 is 2.96 bits per heavy atom. The van der Waals surface area contributed by atoms with Crippen LogP contribution in [0.5, 0.6) is 5.75 Å². The molecular weight excluding hydrogens is 318 g/mol. The van der Waals surface area contributed by atoms with Gasteiger partial charge in [-0.15, -0.1) is 0 Å². The van der Waals surface area contributed by atoms with Crippen LogP contribution in [0.25, 0.3) is 0 Å². The smallest absolute Gasteiger partial charge is 0.189 e. The minimum atomic E-state index is 0.154. The summed E-state index contributed by atoms with van der Waals surface area (Å²) >= 11 is 1.82. The van der Waals surface area contributed by atoms with Crippen LogP contribution in [-0.4, -0.2) is 18.8 Å². The minimum Gasteiger partial charge on any atom is -0.493 e. The number of hydrogen-bond acceptors (Lipinski definition) is 3. The highest BCUT2D eigenvalue weighted by atomic mass is 32.2. The first kappa shape index (κ1) is 16.7. The first-order chi connectivity index (χ1) is 11.8. The van der Waals surface area contributed by atoms with Crippen molar-refractivity contribution in [3.63, 3.8) is 0 Å². The third-order valence-corrected chi connectivity index (χ3v) is 4.64. The topological polar surface area (TPSA) is 59.6 Å². The van der Waals surface area contributed by atoms with Crippen LogP contribution in [0.15, 0.2) is 53.5 Å². The van der Waals surface area contributed by atoms with Crippen LogP contribution >= 0.6 is 11.8 Å². The first-order valence-corrected chi connectivity index (χ1v) is 9.50. The van der Waals surface area contributed by atoms with Crippen molar-refractivity contribution in [3.8, 4) is 5.75 Å². The molecule has 0 aliphatic carbocycles. The van der Waals surface area contributed by atoms with Gasteiger partial charge in [-0.25, -0.2) is 4.99 Å². The zero-order valence-corrected chi connectivity index (χ0v) is 14.7. The van der Waals surface area contributed by atoms with E-state index in [0.717, 1.165) is 23.5 Å². The van der Waals surface area contributed by atoms with E-state index in [2.05, 4.69) is 46.9 Å². The van der Waals surface area contributed by atoms with E-state index >= 15 is 0 Å². The quantitative estimate of drug-likeness (QED) is 0.646. The molecule has 5 heteroatoms. The summed E-state index contributed by atoms with van der Waals surface area (Å²) in [5.74, 6) is 2.43. The molecule has 1 heterocycles. The summed E-state index contributed by atoms with van der Waals surface area (Å²) in [6, 6.07) is 16.7. The van der Waals surface area contributed by atoms with Crippen molar-refractivity contribution in [1.82, 2.24) is 5.32 Å². The fourth-order valence-corrected chi connectivity index (χ4v) is 3.39. The third-order valence-electron chi connectivity index (χ3n) is 4.02. The van der Waals surface area contributed by atoms with Crippen LogP contribution < -0.4 is 15.8 Å². The van der Waals surface area contributed by atoms with Crippen LogP contribution in [0.2, 0.25) is 0 Å². The standard InChI is InChI=1S/C19H23N3OS/c1-24-13-15-6-4-5-14(11-15)12-21-19(20)22-17-9-10-23-18-8-3-2-7-16(17)18/h2-8,11,17H,9-10,12-13H2,1H3,(H3,20,21,22). The van der Waals surface area contributed by atoms with Gasteiger partial charge in [-0.3, -0.25) is 0 Å². The van der Waals surface area contributed by atoms with E-state index in [0.29, 0.717) is 19.1 Å². The first-order valence-electron chi connectivity index (χ1n) is 8.11. The van der Waals surface area contributed by atoms with Crippen molar-refractivity contribution in [2.75, 3.05) is 12.9 Å². The number of aliphatic imine (C=N–C) groups is 1. The third kappa shape index (κ3) is 4.23. The molecule has 0 aromatic heterocycles. The van der Waals surface area contributed by atoms with Crippen LogP contribution in [-0.2, 0) is 12.3 Å². The number of fused-ring (bicyclic) bond motifs is 1. The lowest BCUT2D eigenvalue weighted by molar-refractivity contribution is 0.262. The maximum Gasteiger partial charge on any atom is 0.189 e. The largest absolute Gasteiger partial charge is 0.493 e. The number of ether oxygens (including phenoxy) is 1. The molecule has 4 nitrogen and oxygen atoms in total. The van der Waals surface area contributed by atoms with Gasteiger partial charge in [-0.05, 0) is 23.4 Å². The van der Waals surface area contributed by atoms with E-state index in [1.54, 1.807) is 0 Å². The Kier molecular flexibility index (Phi) is 5.64. The Labute approximate surface area is 147 Å². The molecule has 0 bridgehead atoms. The summed E-state index contributed by atoms with van der Waals surface area (Å²) in [5, 5.41) is 3.33. The van der Waals surface area contributed by atoms with Gasteiger partial charge in [-0.2, -0.15) is 11.8 Å². The average molecular weight is 341 g/mol. The number of hydrogen-bond donors (Lipinski definition) is 2. The number of nitrogens with two attached hydrogens (primary N) is 1. The van der Waals surface area contributed by atoms with Gasteiger partial charge in [0.05, 0.1) is 19.2 Å². The molecule has 1 unspecified atom stereocenters. The Morgan fingerprint density at radius 2 is 2.08 bits per heavy atom. The van der Waals surface area contributed by atoms with E-state index in [-0.39, 0.29) is 6.04 Å². The molecule has 0 fully saturated rings. The average Bonchev–Trinajstić information content (AvgIpc) is 2.61. The number of rotatable bonds is 5. The monoisotopic (exact) mass is 341 g/mol. The summed E-state index contributed by atoms with van der Waals surface area (Å²) in [4.78, 5) is 4.50. The zero-order chi connectivity index (χ0) is 16.8. The number of thioether (sulfide) groups is 1. The maximum absolute atomic E-state index is 6.10. The van der Waals surface area contributed by atoms with E-state index < -0.39 is 0 Å². The Bertz CT molecular complexity index is 717. The SMILES string of the molecule is CSCc1cccc(CN=C(N)NC2CCOc3ccccc32)c1. The normalized spacial score (nSPS) is 17.0. The molecular formula is C19H23N3OS. The molecule has 0 saturated carbocycles. The summed E-state index contributed by atoms with van der Waals surface area (Å²) in [6.07, 6.45) is 2.99. The molecule has 0 saturated heterocycles. The van der Waals surface area contributed by atoms with Gasteiger partial charge in [0.2, 0.25) is 0 Å². The highest BCUT2D eigenvalue weighted by molar-refractivity contribution is 7.97. The number of nitrogens with zero attached hydrogens (tertiary/aromatic N) is 1. The maximum atomic E-state index is 6.10. The fourth-order valence-electron chi connectivity index (χ4n) is 2.88. The lowest BCUT2D eigenvalue weighted by atomic mass is 10.0.